The Morgan fingerprint density at radius 1 is 1.35 bits per heavy atom. The number of hydrogen-bond acceptors (Lipinski definition) is 3. The summed E-state index contributed by atoms with van der Waals surface area (Å²) in [5.74, 6) is 0.170. The average molecular weight is 283 g/mol. The van der Waals surface area contributed by atoms with E-state index in [4.69, 9.17) is 4.74 Å². The summed E-state index contributed by atoms with van der Waals surface area (Å²) in [5, 5.41) is 9.74. The average Bonchev–Trinajstić information content (AvgIpc) is 3.28. The highest BCUT2D eigenvalue weighted by atomic mass is 16.5. The number of methoxy groups -OCH3 is 1. The summed E-state index contributed by atoms with van der Waals surface area (Å²) in [7, 11) is 1.72. The van der Waals surface area contributed by atoms with E-state index in [1.165, 1.54) is 19.3 Å². The van der Waals surface area contributed by atoms with Gasteiger partial charge >= 0.3 is 5.97 Å². The molecule has 0 amide bonds. The van der Waals surface area contributed by atoms with Crippen molar-refractivity contribution in [3.63, 3.8) is 0 Å². The first-order chi connectivity index (χ1) is 9.59. The topological polar surface area (TPSA) is 49.8 Å². The number of nitrogens with zero attached hydrogens (tertiary/aromatic N) is 1. The van der Waals surface area contributed by atoms with Crippen LogP contribution in [0.3, 0.4) is 0 Å². The van der Waals surface area contributed by atoms with Crippen LogP contribution in [0, 0.1) is 11.3 Å². The third-order valence-electron chi connectivity index (χ3n) is 5.23. The van der Waals surface area contributed by atoms with Gasteiger partial charge in [0.05, 0.1) is 12.0 Å². The SMILES string of the molecule is COCCN(CC1(C(=O)O)CCCCC1)C(C)C1CC1. The van der Waals surface area contributed by atoms with E-state index in [-0.39, 0.29) is 0 Å². The lowest BCUT2D eigenvalue weighted by molar-refractivity contribution is -0.153. The molecule has 2 aliphatic carbocycles. The number of carboxylic acid groups (broad SMARTS) is 1. The monoisotopic (exact) mass is 283 g/mol. The Bertz CT molecular complexity index is 322. The van der Waals surface area contributed by atoms with Crippen molar-refractivity contribution in [1.29, 1.82) is 0 Å². The summed E-state index contributed by atoms with van der Waals surface area (Å²) in [6.07, 6.45) is 7.57. The second kappa shape index (κ2) is 6.90. The first-order valence-corrected chi connectivity index (χ1v) is 8.05. The summed E-state index contributed by atoms with van der Waals surface area (Å²) in [4.78, 5) is 14.2. The van der Waals surface area contributed by atoms with Crippen LogP contribution < -0.4 is 0 Å². The zero-order valence-corrected chi connectivity index (χ0v) is 12.9. The Kier molecular flexibility index (Phi) is 5.44. The molecule has 0 aromatic heterocycles. The van der Waals surface area contributed by atoms with Gasteiger partial charge in [0.15, 0.2) is 0 Å². The highest BCUT2D eigenvalue weighted by Crippen LogP contribution is 2.40. The highest BCUT2D eigenvalue weighted by molar-refractivity contribution is 5.75. The van der Waals surface area contributed by atoms with E-state index in [0.29, 0.717) is 19.2 Å². The third kappa shape index (κ3) is 3.73. The highest BCUT2D eigenvalue weighted by Gasteiger charge is 2.43. The van der Waals surface area contributed by atoms with E-state index in [2.05, 4.69) is 11.8 Å². The second-order valence-electron chi connectivity index (χ2n) is 6.69. The first kappa shape index (κ1) is 15.8. The zero-order valence-electron chi connectivity index (χ0n) is 12.9. The first-order valence-electron chi connectivity index (χ1n) is 8.05. The van der Waals surface area contributed by atoms with Crippen molar-refractivity contribution in [2.45, 2.75) is 57.9 Å². The predicted octanol–water partition coefficient (Wildman–Crippen LogP) is 2.77. The summed E-state index contributed by atoms with van der Waals surface area (Å²) < 4.78 is 5.22. The van der Waals surface area contributed by atoms with Gasteiger partial charge in [0, 0.05) is 26.2 Å². The van der Waals surface area contributed by atoms with Gasteiger partial charge in [-0.1, -0.05) is 19.3 Å². The van der Waals surface area contributed by atoms with Gasteiger partial charge in [-0.05, 0) is 38.5 Å². The third-order valence-corrected chi connectivity index (χ3v) is 5.23. The molecule has 0 bridgehead atoms. The van der Waals surface area contributed by atoms with Crippen LogP contribution in [-0.2, 0) is 9.53 Å². The molecule has 0 saturated heterocycles. The minimum Gasteiger partial charge on any atom is -0.481 e. The number of hydrogen-bond donors (Lipinski definition) is 1. The zero-order chi connectivity index (χ0) is 14.6. The minimum atomic E-state index is -0.595. The maximum absolute atomic E-state index is 11.8. The molecule has 0 heterocycles. The van der Waals surface area contributed by atoms with E-state index in [0.717, 1.165) is 38.1 Å². The van der Waals surface area contributed by atoms with E-state index >= 15 is 0 Å². The molecule has 0 radical (unpaired) electrons. The van der Waals surface area contributed by atoms with Gasteiger partial charge in [0.25, 0.3) is 0 Å². The van der Waals surface area contributed by atoms with Crippen LogP contribution in [0.5, 0.6) is 0 Å². The quantitative estimate of drug-likeness (QED) is 0.744. The molecular formula is C16H29NO3. The lowest BCUT2D eigenvalue weighted by Gasteiger charge is -2.40. The molecule has 116 valence electrons. The van der Waals surface area contributed by atoms with E-state index in [1.807, 2.05) is 0 Å². The smallest absolute Gasteiger partial charge is 0.310 e. The van der Waals surface area contributed by atoms with Crippen molar-refractivity contribution in [1.82, 2.24) is 4.90 Å². The minimum absolute atomic E-state index is 0.489. The number of rotatable bonds is 8. The Labute approximate surface area is 122 Å². The van der Waals surface area contributed by atoms with Gasteiger partial charge in [0.1, 0.15) is 0 Å². The van der Waals surface area contributed by atoms with Crippen molar-refractivity contribution in [3.05, 3.63) is 0 Å². The van der Waals surface area contributed by atoms with Crippen molar-refractivity contribution in [2.75, 3.05) is 26.8 Å². The van der Waals surface area contributed by atoms with Crippen LogP contribution in [0.2, 0.25) is 0 Å². The molecule has 2 rings (SSSR count). The van der Waals surface area contributed by atoms with Crippen molar-refractivity contribution < 1.29 is 14.6 Å². The molecule has 0 aliphatic heterocycles. The maximum atomic E-state index is 11.8. The summed E-state index contributed by atoms with van der Waals surface area (Å²) in [5.41, 5.74) is -0.519. The largest absolute Gasteiger partial charge is 0.481 e. The van der Waals surface area contributed by atoms with Crippen LogP contribution in [-0.4, -0.2) is 48.8 Å². The molecule has 0 aromatic carbocycles. The van der Waals surface area contributed by atoms with Crippen LogP contribution in [0.15, 0.2) is 0 Å². The molecule has 4 nitrogen and oxygen atoms in total. The molecular weight excluding hydrogens is 254 g/mol. The summed E-state index contributed by atoms with van der Waals surface area (Å²) in [6.45, 7) is 4.49. The molecule has 1 N–H and O–H groups in total. The second-order valence-corrected chi connectivity index (χ2v) is 6.69. The van der Waals surface area contributed by atoms with E-state index in [9.17, 15) is 9.90 Å². The molecule has 0 aromatic rings. The number of aliphatic carboxylic acids is 1. The maximum Gasteiger partial charge on any atom is 0.310 e. The Balaban J connectivity index is 2.04. The van der Waals surface area contributed by atoms with Crippen molar-refractivity contribution in [3.8, 4) is 0 Å². The van der Waals surface area contributed by atoms with Gasteiger partial charge in [-0.25, -0.2) is 0 Å². The fourth-order valence-electron chi connectivity index (χ4n) is 3.57. The number of carboxylic acids is 1. The van der Waals surface area contributed by atoms with Gasteiger partial charge in [-0.3, -0.25) is 9.69 Å². The Morgan fingerprint density at radius 3 is 2.50 bits per heavy atom. The molecule has 2 saturated carbocycles. The van der Waals surface area contributed by atoms with Crippen LogP contribution in [0.25, 0.3) is 0 Å². The van der Waals surface area contributed by atoms with E-state index in [1.54, 1.807) is 7.11 Å². The molecule has 20 heavy (non-hydrogen) atoms. The van der Waals surface area contributed by atoms with Crippen LogP contribution in [0.1, 0.15) is 51.9 Å². The Morgan fingerprint density at radius 2 is 2.00 bits per heavy atom. The lowest BCUT2D eigenvalue weighted by atomic mass is 9.73. The summed E-state index contributed by atoms with van der Waals surface area (Å²) >= 11 is 0. The molecule has 0 spiro atoms. The van der Waals surface area contributed by atoms with E-state index < -0.39 is 11.4 Å². The fourth-order valence-corrected chi connectivity index (χ4v) is 3.57. The van der Waals surface area contributed by atoms with Crippen LogP contribution >= 0.6 is 0 Å². The molecule has 2 fully saturated rings. The van der Waals surface area contributed by atoms with Crippen LogP contribution in [0.4, 0.5) is 0 Å². The normalized spacial score (nSPS) is 23.8. The molecule has 4 heteroatoms. The molecule has 1 atom stereocenters. The van der Waals surface area contributed by atoms with Crippen molar-refractivity contribution >= 4 is 5.97 Å². The van der Waals surface area contributed by atoms with Gasteiger partial charge in [-0.2, -0.15) is 0 Å². The van der Waals surface area contributed by atoms with Gasteiger partial charge in [0.2, 0.25) is 0 Å². The van der Waals surface area contributed by atoms with Gasteiger partial charge in [-0.15, -0.1) is 0 Å². The fraction of sp³-hybridized carbons (Fsp3) is 0.938. The van der Waals surface area contributed by atoms with Crippen molar-refractivity contribution in [2.24, 2.45) is 11.3 Å². The summed E-state index contributed by atoms with van der Waals surface area (Å²) in [6, 6.07) is 0.489. The predicted molar refractivity (Wildman–Crippen MR) is 78.8 cm³/mol. The standard InChI is InChI=1S/C16H29NO3/c1-13(14-6-7-14)17(10-11-20-2)12-16(15(18)19)8-4-3-5-9-16/h13-14H,3-12H2,1-2H3,(H,18,19). The van der Waals surface area contributed by atoms with Gasteiger partial charge < -0.3 is 9.84 Å². The number of carbonyl (C=O) groups is 1. The molecule has 2 aliphatic rings. The number of ether oxygens (including phenoxy) is 1. The lowest BCUT2D eigenvalue weighted by Crippen LogP contribution is -2.49. The molecule has 1 unspecified atom stereocenters. The Hall–Kier alpha value is -0.610.